The molecule has 0 spiro atoms. The number of rotatable bonds is 2. The van der Waals surface area contributed by atoms with Crippen molar-refractivity contribution in [1.29, 1.82) is 0 Å². The molecule has 0 bridgehead atoms. The summed E-state index contributed by atoms with van der Waals surface area (Å²) in [5.41, 5.74) is 6.28. The lowest BCUT2D eigenvalue weighted by Crippen LogP contribution is -1.99. The first kappa shape index (κ1) is 11.0. The summed E-state index contributed by atoms with van der Waals surface area (Å²) < 4.78 is 0. The summed E-state index contributed by atoms with van der Waals surface area (Å²) in [4.78, 5) is 7.75. The van der Waals surface area contributed by atoms with Crippen LogP contribution in [0.3, 0.4) is 0 Å². The summed E-state index contributed by atoms with van der Waals surface area (Å²) in [5, 5.41) is 3.95. The van der Waals surface area contributed by atoms with E-state index in [0.29, 0.717) is 10.8 Å². The smallest absolute Gasteiger partial charge is 0.223 e. The molecule has 1 aromatic heterocycles. The average molecular weight is 255 g/mol. The Morgan fingerprint density at radius 3 is 2.62 bits per heavy atom. The third kappa shape index (κ3) is 2.74. The Hall–Kier alpha value is -1.52. The van der Waals surface area contributed by atoms with Gasteiger partial charge in [0.1, 0.15) is 11.0 Å². The minimum absolute atomic E-state index is 0.122. The molecule has 0 atom stereocenters. The van der Waals surface area contributed by atoms with E-state index in [4.69, 9.17) is 28.9 Å². The van der Waals surface area contributed by atoms with E-state index in [0.717, 1.165) is 5.69 Å². The second-order valence-electron chi connectivity index (χ2n) is 3.07. The van der Waals surface area contributed by atoms with Gasteiger partial charge in [0.2, 0.25) is 5.95 Å². The highest BCUT2D eigenvalue weighted by molar-refractivity contribution is 6.31. The van der Waals surface area contributed by atoms with E-state index in [2.05, 4.69) is 15.3 Å². The van der Waals surface area contributed by atoms with Crippen molar-refractivity contribution in [2.75, 3.05) is 11.1 Å². The van der Waals surface area contributed by atoms with Gasteiger partial charge in [0.25, 0.3) is 0 Å². The first-order chi connectivity index (χ1) is 7.63. The minimum Gasteiger partial charge on any atom is -0.368 e. The highest BCUT2D eigenvalue weighted by Gasteiger charge is 2.01. The van der Waals surface area contributed by atoms with E-state index in [9.17, 15) is 0 Å². The van der Waals surface area contributed by atoms with E-state index < -0.39 is 0 Å². The molecule has 0 radical (unpaired) electrons. The Balaban J connectivity index is 2.27. The number of nitrogens with one attached hydrogen (secondary N) is 1. The zero-order valence-electron chi connectivity index (χ0n) is 8.11. The summed E-state index contributed by atoms with van der Waals surface area (Å²) in [7, 11) is 0. The summed E-state index contributed by atoms with van der Waals surface area (Å²) in [6.07, 6.45) is 0. The maximum Gasteiger partial charge on any atom is 0.223 e. The van der Waals surface area contributed by atoms with Gasteiger partial charge >= 0.3 is 0 Å². The van der Waals surface area contributed by atoms with Crippen molar-refractivity contribution in [2.45, 2.75) is 0 Å². The van der Waals surface area contributed by atoms with Crippen LogP contribution in [0, 0.1) is 0 Å². The Labute approximate surface area is 102 Å². The van der Waals surface area contributed by atoms with Crippen LogP contribution in [0.4, 0.5) is 17.5 Å². The molecule has 2 aromatic rings. The van der Waals surface area contributed by atoms with Crippen molar-refractivity contribution >= 4 is 40.7 Å². The molecule has 4 nitrogen and oxygen atoms in total. The van der Waals surface area contributed by atoms with E-state index in [1.165, 1.54) is 0 Å². The molecule has 1 aromatic carbocycles. The molecular formula is C10H8Cl2N4. The number of nitrogens with two attached hydrogens (primary N) is 1. The zero-order chi connectivity index (χ0) is 11.5. The van der Waals surface area contributed by atoms with Crippen LogP contribution < -0.4 is 11.1 Å². The van der Waals surface area contributed by atoms with Gasteiger partial charge in [-0.1, -0.05) is 29.3 Å². The number of hydrogen-bond donors (Lipinski definition) is 2. The molecule has 16 heavy (non-hydrogen) atoms. The third-order valence-corrected chi connectivity index (χ3v) is 2.24. The number of nitrogens with zero attached hydrogens (tertiary/aromatic N) is 2. The Morgan fingerprint density at radius 1 is 1.12 bits per heavy atom. The van der Waals surface area contributed by atoms with Gasteiger partial charge in [-0.3, -0.25) is 0 Å². The van der Waals surface area contributed by atoms with E-state index >= 15 is 0 Å². The van der Waals surface area contributed by atoms with Crippen LogP contribution in [0.5, 0.6) is 0 Å². The van der Waals surface area contributed by atoms with Gasteiger partial charge in [-0.15, -0.1) is 0 Å². The van der Waals surface area contributed by atoms with Gasteiger partial charge in [-0.05, 0) is 18.2 Å². The third-order valence-electron chi connectivity index (χ3n) is 1.81. The van der Waals surface area contributed by atoms with Crippen LogP contribution in [-0.4, -0.2) is 9.97 Å². The molecule has 82 valence electrons. The maximum absolute atomic E-state index is 5.85. The van der Waals surface area contributed by atoms with E-state index in [-0.39, 0.29) is 11.1 Å². The fraction of sp³-hybridized carbons (Fsp3) is 0. The van der Waals surface area contributed by atoms with Gasteiger partial charge < -0.3 is 11.1 Å². The van der Waals surface area contributed by atoms with Crippen molar-refractivity contribution in [3.63, 3.8) is 0 Å². The molecule has 3 N–H and O–H groups in total. The summed E-state index contributed by atoms with van der Waals surface area (Å²) in [6, 6.07) is 8.83. The molecular weight excluding hydrogens is 247 g/mol. The van der Waals surface area contributed by atoms with Crippen LogP contribution >= 0.6 is 23.2 Å². The van der Waals surface area contributed by atoms with Crippen LogP contribution in [0.25, 0.3) is 0 Å². The van der Waals surface area contributed by atoms with Crippen LogP contribution in [-0.2, 0) is 0 Å². The molecule has 6 heteroatoms. The quantitative estimate of drug-likeness (QED) is 0.809. The van der Waals surface area contributed by atoms with Crippen molar-refractivity contribution < 1.29 is 0 Å². The number of aromatic nitrogens is 2. The fourth-order valence-electron chi connectivity index (χ4n) is 1.21. The van der Waals surface area contributed by atoms with Crippen LogP contribution in [0.1, 0.15) is 0 Å². The lowest BCUT2D eigenvalue weighted by atomic mass is 10.3. The van der Waals surface area contributed by atoms with Gasteiger partial charge in [-0.25, -0.2) is 4.98 Å². The summed E-state index contributed by atoms with van der Waals surface area (Å²) in [6.45, 7) is 0. The molecule has 0 saturated carbocycles. The first-order valence-corrected chi connectivity index (χ1v) is 5.22. The lowest BCUT2D eigenvalue weighted by Gasteiger charge is -2.06. The van der Waals surface area contributed by atoms with Gasteiger partial charge in [0, 0.05) is 16.8 Å². The van der Waals surface area contributed by atoms with Crippen LogP contribution in [0.15, 0.2) is 30.3 Å². The van der Waals surface area contributed by atoms with Crippen molar-refractivity contribution in [3.05, 3.63) is 40.5 Å². The lowest BCUT2D eigenvalue weighted by molar-refractivity contribution is 1.18. The monoisotopic (exact) mass is 254 g/mol. The van der Waals surface area contributed by atoms with Crippen molar-refractivity contribution in [3.8, 4) is 0 Å². The normalized spacial score (nSPS) is 10.1. The second-order valence-corrected chi connectivity index (χ2v) is 3.89. The highest BCUT2D eigenvalue weighted by atomic mass is 35.5. The number of hydrogen-bond acceptors (Lipinski definition) is 4. The predicted octanol–water partition coefficient (Wildman–Crippen LogP) is 3.11. The number of anilines is 3. The predicted molar refractivity (Wildman–Crippen MR) is 66.2 cm³/mol. The molecule has 2 rings (SSSR count). The fourth-order valence-corrected chi connectivity index (χ4v) is 1.59. The summed E-state index contributed by atoms with van der Waals surface area (Å²) in [5.74, 6) is 0.650. The standard InChI is InChI=1S/C10H8Cl2N4/c11-6-2-1-3-7(4-6)14-9-5-8(12)15-10(13)16-9/h1-5H,(H3,13,14,15,16). The van der Waals surface area contributed by atoms with Gasteiger partial charge in [0.15, 0.2) is 0 Å². The van der Waals surface area contributed by atoms with E-state index in [1.807, 2.05) is 12.1 Å². The Kier molecular flexibility index (Phi) is 3.12. The Morgan fingerprint density at radius 2 is 1.94 bits per heavy atom. The molecule has 0 fully saturated rings. The SMILES string of the molecule is Nc1nc(Cl)cc(Nc2cccc(Cl)c2)n1. The minimum atomic E-state index is 0.122. The van der Waals surface area contributed by atoms with Gasteiger partial charge in [-0.2, -0.15) is 4.98 Å². The Bertz CT molecular complexity index is 496. The topological polar surface area (TPSA) is 63.8 Å². The number of benzene rings is 1. The molecule has 0 unspecified atom stereocenters. The maximum atomic E-state index is 5.85. The van der Waals surface area contributed by atoms with Gasteiger partial charge in [0.05, 0.1) is 0 Å². The largest absolute Gasteiger partial charge is 0.368 e. The van der Waals surface area contributed by atoms with E-state index in [1.54, 1.807) is 18.2 Å². The highest BCUT2D eigenvalue weighted by Crippen LogP contribution is 2.20. The first-order valence-electron chi connectivity index (χ1n) is 4.46. The molecule has 1 heterocycles. The molecule has 0 aliphatic heterocycles. The molecule has 0 saturated heterocycles. The van der Waals surface area contributed by atoms with Crippen molar-refractivity contribution in [2.24, 2.45) is 0 Å². The number of nitrogen functional groups attached to an aromatic ring is 1. The zero-order valence-corrected chi connectivity index (χ0v) is 9.63. The molecule has 0 aliphatic carbocycles. The number of halogens is 2. The van der Waals surface area contributed by atoms with Crippen molar-refractivity contribution in [1.82, 2.24) is 9.97 Å². The summed E-state index contributed by atoms with van der Waals surface area (Å²) >= 11 is 11.6. The average Bonchev–Trinajstić information content (AvgIpc) is 2.15. The molecule has 0 aliphatic rings. The molecule has 0 amide bonds. The second kappa shape index (κ2) is 4.55. The van der Waals surface area contributed by atoms with Crippen LogP contribution in [0.2, 0.25) is 10.2 Å².